The highest BCUT2D eigenvalue weighted by Gasteiger charge is 2.31. The number of carbonyl (C=O) groups excluding carboxylic acids is 1. The van der Waals surface area contributed by atoms with Crippen LogP contribution in [0, 0.1) is 16.0 Å². The van der Waals surface area contributed by atoms with Crippen molar-refractivity contribution in [2.75, 3.05) is 13.2 Å². The van der Waals surface area contributed by atoms with Crippen molar-refractivity contribution >= 4 is 11.6 Å². The zero-order valence-corrected chi connectivity index (χ0v) is 12.1. The average molecular weight is 292 g/mol. The molecule has 2 rings (SSSR count). The van der Waals surface area contributed by atoms with E-state index in [1.807, 2.05) is 6.92 Å². The largest absolute Gasteiger partial charge is 0.394 e. The molecule has 1 N–H and O–H groups in total. The molecule has 1 fully saturated rings. The van der Waals surface area contributed by atoms with Crippen molar-refractivity contribution in [3.05, 3.63) is 39.9 Å². The molecule has 1 aromatic carbocycles. The third-order valence-electron chi connectivity index (χ3n) is 4.10. The van der Waals surface area contributed by atoms with Gasteiger partial charge in [-0.2, -0.15) is 0 Å². The Balaban J connectivity index is 2.10. The number of aliphatic hydroxyl groups is 1. The van der Waals surface area contributed by atoms with Gasteiger partial charge >= 0.3 is 0 Å². The van der Waals surface area contributed by atoms with E-state index >= 15 is 0 Å². The van der Waals surface area contributed by atoms with Gasteiger partial charge in [-0.05, 0) is 24.3 Å². The van der Waals surface area contributed by atoms with E-state index in [2.05, 4.69) is 0 Å². The highest BCUT2D eigenvalue weighted by atomic mass is 16.6. The van der Waals surface area contributed by atoms with E-state index in [9.17, 15) is 20.0 Å². The number of nitro groups is 1. The van der Waals surface area contributed by atoms with Crippen molar-refractivity contribution in [3.8, 4) is 0 Å². The van der Waals surface area contributed by atoms with Gasteiger partial charge in [-0.15, -0.1) is 0 Å². The molecule has 0 bridgehead atoms. The predicted molar refractivity (Wildman–Crippen MR) is 77.8 cm³/mol. The van der Waals surface area contributed by atoms with Gasteiger partial charge in [-0.3, -0.25) is 14.9 Å². The van der Waals surface area contributed by atoms with E-state index in [1.165, 1.54) is 12.1 Å². The molecule has 1 heterocycles. The maximum Gasteiger partial charge on any atom is 0.269 e. The van der Waals surface area contributed by atoms with Crippen molar-refractivity contribution in [1.82, 2.24) is 4.90 Å². The Bertz CT molecular complexity index is 532. The Hall–Kier alpha value is -1.95. The Morgan fingerprint density at radius 2 is 2.29 bits per heavy atom. The summed E-state index contributed by atoms with van der Waals surface area (Å²) in [6.45, 7) is 2.64. The van der Waals surface area contributed by atoms with Crippen LogP contribution in [0.15, 0.2) is 24.3 Å². The smallest absolute Gasteiger partial charge is 0.269 e. The number of non-ortho nitro benzene ring substituents is 1. The van der Waals surface area contributed by atoms with Crippen molar-refractivity contribution in [3.63, 3.8) is 0 Å². The lowest BCUT2D eigenvalue weighted by Crippen LogP contribution is -2.50. The molecule has 1 saturated heterocycles. The molecule has 21 heavy (non-hydrogen) atoms. The van der Waals surface area contributed by atoms with Gasteiger partial charge in [0, 0.05) is 18.7 Å². The van der Waals surface area contributed by atoms with Gasteiger partial charge in [-0.1, -0.05) is 19.1 Å². The molecule has 6 nitrogen and oxygen atoms in total. The first-order chi connectivity index (χ1) is 10.0. The van der Waals surface area contributed by atoms with Crippen LogP contribution in [0.4, 0.5) is 5.69 Å². The molecule has 114 valence electrons. The van der Waals surface area contributed by atoms with Gasteiger partial charge in [0.25, 0.3) is 5.69 Å². The van der Waals surface area contributed by atoms with Crippen molar-refractivity contribution in [1.29, 1.82) is 0 Å². The molecule has 1 aromatic rings. The van der Waals surface area contributed by atoms with Crippen LogP contribution in [0.3, 0.4) is 0 Å². The van der Waals surface area contributed by atoms with Crippen LogP contribution in [0.2, 0.25) is 0 Å². The molecule has 2 unspecified atom stereocenters. The molecule has 0 spiro atoms. The Labute approximate surface area is 123 Å². The van der Waals surface area contributed by atoms with Crippen molar-refractivity contribution in [2.24, 2.45) is 5.92 Å². The first kappa shape index (κ1) is 15.4. The molecule has 0 aliphatic carbocycles. The molecule has 0 saturated carbocycles. The fourth-order valence-corrected chi connectivity index (χ4v) is 2.89. The molecular weight excluding hydrogens is 272 g/mol. The van der Waals surface area contributed by atoms with Crippen LogP contribution < -0.4 is 0 Å². The molecule has 1 aliphatic rings. The maximum atomic E-state index is 12.4. The first-order valence-electron chi connectivity index (χ1n) is 7.16. The summed E-state index contributed by atoms with van der Waals surface area (Å²) >= 11 is 0. The molecule has 1 aliphatic heterocycles. The molecular formula is C15H20N2O4. The zero-order valence-electron chi connectivity index (χ0n) is 12.1. The third-order valence-corrected chi connectivity index (χ3v) is 4.10. The number of hydrogen-bond donors (Lipinski definition) is 1. The standard InChI is InChI=1S/C15H20N2O4/c1-11-4-3-7-16(14(11)10-18)15(19)9-12-5-2-6-13(8-12)17(20)21/h2,5-6,8,11,14,18H,3-4,7,9-10H2,1H3. The number of aliphatic hydroxyl groups excluding tert-OH is 1. The number of amides is 1. The lowest BCUT2D eigenvalue weighted by atomic mass is 9.91. The van der Waals surface area contributed by atoms with Crippen LogP contribution in [0.25, 0.3) is 0 Å². The second-order valence-electron chi connectivity index (χ2n) is 5.56. The average Bonchev–Trinajstić information content (AvgIpc) is 2.47. The molecule has 2 atom stereocenters. The minimum Gasteiger partial charge on any atom is -0.394 e. The second kappa shape index (κ2) is 6.67. The number of likely N-dealkylation sites (tertiary alicyclic amines) is 1. The summed E-state index contributed by atoms with van der Waals surface area (Å²) in [6, 6.07) is 5.99. The van der Waals surface area contributed by atoms with Crippen molar-refractivity contribution < 1.29 is 14.8 Å². The number of hydrogen-bond acceptors (Lipinski definition) is 4. The van der Waals surface area contributed by atoms with Crippen LogP contribution in [-0.4, -0.2) is 40.0 Å². The van der Waals surface area contributed by atoms with Crippen LogP contribution in [0.5, 0.6) is 0 Å². The molecule has 1 amide bonds. The third kappa shape index (κ3) is 3.58. The summed E-state index contributed by atoms with van der Waals surface area (Å²) in [5, 5.41) is 20.2. The number of piperidine rings is 1. The van der Waals surface area contributed by atoms with Gasteiger partial charge in [0.1, 0.15) is 0 Å². The van der Waals surface area contributed by atoms with Gasteiger partial charge in [0.2, 0.25) is 5.91 Å². The highest BCUT2D eigenvalue weighted by Crippen LogP contribution is 2.24. The van der Waals surface area contributed by atoms with Gasteiger partial charge in [0.05, 0.1) is 24.0 Å². The highest BCUT2D eigenvalue weighted by molar-refractivity contribution is 5.79. The zero-order chi connectivity index (χ0) is 15.4. The van der Waals surface area contributed by atoms with Gasteiger partial charge < -0.3 is 10.0 Å². The molecule has 0 radical (unpaired) electrons. The topological polar surface area (TPSA) is 83.7 Å². The lowest BCUT2D eigenvalue weighted by molar-refractivity contribution is -0.384. The van der Waals surface area contributed by atoms with E-state index < -0.39 is 4.92 Å². The molecule has 6 heteroatoms. The Kier molecular flexibility index (Phi) is 4.90. The SMILES string of the molecule is CC1CCCN(C(=O)Cc2cccc([N+](=O)[O-])c2)C1CO. The van der Waals surface area contributed by atoms with Crippen LogP contribution in [-0.2, 0) is 11.2 Å². The number of rotatable bonds is 4. The molecule has 0 aromatic heterocycles. The summed E-state index contributed by atoms with van der Waals surface area (Å²) in [5.74, 6) is 0.193. The monoisotopic (exact) mass is 292 g/mol. The number of nitrogens with zero attached hydrogens (tertiary/aromatic N) is 2. The van der Waals surface area contributed by atoms with E-state index in [-0.39, 0.29) is 36.6 Å². The van der Waals surface area contributed by atoms with E-state index in [4.69, 9.17) is 0 Å². The second-order valence-corrected chi connectivity index (χ2v) is 5.56. The van der Waals surface area contributed by atoms with E-state index in [0.717, 1.165) is 12.8 Å². The summed E-state index contributed by atoms with van der Waals surface area (Å²) in [4.78, 5) is 24.4. The van der Waals surface area contributed by atoms with Crippen LogP contribution in [0.1, 0.15) is 25.3 Å². The minimum absolute atomic E-state index is 0.00831. The normalized spacial score (nSPS) is 22.1. The number of carbonyl (C=O) groups is 1. The van der Waals surface area contributed by atoms with Crippen LogP contribution >= 0.6 is 0 Å². The minimum atomic E-state index is -0.465. The number of nitro benzene ring substituents is 1. The van der Waals surface area contributed by atoms with Gasteiger partial charge in [-0.25, -0.2) is 0 Å². The van der Waals surface area contributed by atoms with E-state index in [1.54, 1.807) is 17.0 Å². The first-order valence-corrected chi connectivity index (χ1v) is 7.16. The van der Waals surface area contributed by atoms with Crippen molar-refractivity contribution in [2.45, 2.75) is 32.2 Å². The Morgan fingerprint density at radius 3 is 2.95 bits per heavy atom. The summed E-state index contributed by atoms with van der Waals surface area (Å²) < 4.78 is 0. The number of benzene rings is 1. The van der Waals surface area contributed by atoms with E-state index in [0.29, 0.717) is 12.1 Å². The summed E-state index contributed by atoms with van der Waals surface area (Å²) in [7, 11) is 0. The summed E-state index contributed by atoms with van der Waals surface area (Å²) in [6.07, 6.45) is 2.06. The Morgan fingerprint density at radius 1 is 1.52 bits per heavy atom. The fourth-order valence-electron chi connectivity index (χ4n) is 2.89. The quantitative estimate of drug-likeness (QED) is 0.677. The lowest BCUT2D eigenvalue weighted by Gasteiger charge is -2.39. The predicted octanol–water partition coefficient (Wildman–Crippen LogP) is 1.76. The summed E-state index contributed by atoms with van der Waals surface area (Å²) in [5.41, 5.74) is 0.620. The maximum absolute atomic E-state index is 12.4. The van der Waals surface area contributed by atoms with Gasteiger partial charge in [0.15, 0.2) is 0 Å². The fraction of sp³-hybridized carbons (Fsp3) is 0.533.